The summed E-state index contributed by atoms with van der Waals surface area (Å²) in [5.74, 6) is 0. The van der Waals surface area contributed by atoms with Gasteiger partial charge in [0.05, 0.1) is 0 Å². The summed E-state index contributed by atoms with van der Waals surface area (Å²) in [5, 5.41) is 4.78. The van der Waals surface area contributed by atoms with Crippen LogP contribution in [0.5, 0.6) is 0 Å². The zero-order valence-electron chi connectivity index (χ0n) is 12.8. The van der Waals surface area contributed by atoms with Gasteiger partial charge in [-0.1, -0.05) is 47.5 Å². The van der Waals surface area contributed by atoms with E-state index in [4.69, 9.17) is 0 Å². The zero-order chi connectivity index (χ0) is 15.4. The number of benzene rings is 2. The Morgan fingerprint density at radius 2 is 1.14 bits per heavy atom. The van der Waals surface area contributed by atoms with Crippen LogP contribution in [0.15, 0.2) is 73.3 Å². The van der Waals surface area contributed by atoms with Crippen molar-refractivity contribution in [3.63, 3.8) is 0 Å². The minimum atomic E-state index is 1.16. The van der Waals surface area contributed by atoms with Gasteiger partial charge in [-0.25, -0.2) is 0 Å². The fraction of sp³-hybridized carbons (Fsp3) is 0.100. The van der Waals surface area contributed by atoms with Crippen molar-refractivity contribution in [1.82, 2.24) is 9.97 Å². The van der Waals surface area contributed by atoms with Crippen LogP contribution in [-0.4, -0.2) is 9.97 Å². The van der Waals surface area contributed by atoms with Crippen LogP contribution in [0.1, 0.15) is 11.1 Å². The van der Waals surface area contributed by atoms with Crippen LogP contribution < -0.4 is 0 Å². The standard InChI is InChI=1S/C12H8N2.C8H10/c1-2-10-7-13-6-4-11(10)12-8-14-5-3-9(1)12;1-7-3-5-8(2)6-4-7/h1-8H;3-6H,1-2H3. The van der Waals surface area contributed by atoms with E-state index in [9.17, 15) is 0 Å². The number of hydrogen-bond acceptors (Lipinski definition) is 2. The van der Waals surface area contributed by atoms with Crippen molar-refractivity contribution in [2.45, 2.75) is 13.8 Å². The third-order valence-electron chi connectivity index (χ3n) is 3.66. The lowest BCUT2D eigenvalue weighted by molar-refractivity contribution is 1.35. The number of nitrogens with zero attached hydrogens (tertiary/aromatic N) is 2. The first-order chi connectivity index (χ1) is 10.7. The van der Waals surface area contributed by atoms with Crippen molar-refractivity contribution in [3.8, 4) is 0 Å². The van der Waals surface area contributed by atoms with E-state index in [1.54, 1.807) is 0 Å². The molecule has 0 atom stereocenters. The highest BCUT2D eigenvalue weighted by molar-refractivity contribution is 6.06. The van der Waals surface area contributed by atoms with Gasteiger partial charge in [0.1, 0.15) is 0 Å². The molecule has 2 heterocycles. The Hall–Kier alpha value is -2.74. The van der Waals surface area contributed by atoms with Crippen LogP contribution in [0.2, 0.25) is 0 Å². The summed E-state index contributed by atoms with van der Waals surface area (Å²) in [5.41, 5.74) is 2.66. The second-order valence-electron chi connectivity index (χ2n) is 5.41. The molecule has 0 aliphatic carbocycles. The van der Waals surface area contributed by atoms with Crippen molar-refractivity contribution in [2.24, 2.45) is 0 Å². The third kappa shape index (κ3) is 3.12. The van der Waals surface area contributed by atoms with E-state index in [2.05, 4.69) is 60.2 Å². The minimum Gasteiger partial charge on any atom is -0.264 e. The summed E-state index contributed by atoms with van der Waals surface area (Å²) in [4.78, 5) is 8.24. The Morgan fingerprint density at radius 3 is 1.86 bits per heavy atom. The van der Waals surface area contributed by atoms with Crippen LogP contribution in [0.3, 0.4) is 0 Å². The molecule has 108 valence electrons. The molecule has 22 heavy (non-hydrogen) atoms. The smallest absolute Gasteiger partial charge is 0.0352 e. The largest absolute Gasteiger partial charge is 0.264 e. The van der Waals surface area contributed by atoms with Gasteiger partial charge in [0.15, 0.2) is 0 Å². The lowest BCUT2D eigenvalue weighted by Crippen LogP contribution is -1.79. The molecule has 4 aromatic rings. The Morgan fingerprint density at radius 1 is 0.545 bits per heavy atom. The van der Waals surface area contributed by atoms with Crippen LogP contribution in [-0.2, 0) is 0 Å². The summed E-state index contributed by atoms with van der Waals surface area (Å²) >= 11 is 0. The van der Waals surface area contributed by atoms with E-state index in [-0.39, 0.29) is 0 Å². The highest BCUT2D eigenvalue weighted by Crippen LogP contribution is 2.22. The van der Waals surface area contributed by atoms with E-state index in [0.717, 1.165) is 5.39 Å². The summed E-state index contributed by atoms with van der Waals surface area (Å²) in [6.45, 7) is 4.19. The molecule has 0 spiro atoms. The molecule has 0 saturated heterocycles. The molecule has 4 rings (SSSR count). The first-order valence-electron chi connectivity index (χ1n) is 7.34. The Kier molecular flexibility index (Phi) is 4.10. The van der Waals surface area contributed by atoms with Crippen molar-refractivity contribution < 1.29 is 0 Å². The average Bonchev–Trinajstić information content (AvgIpc) is 2.58. The molecule has 0 bridgehead atoms. The number of fused-ring (bicyclic) bond motifs is 3. The zero-order valence-corrected chi connectivity index (χ0v) is 12.8. The van der Waals surface area contributed by atoms with Gasteiger partial charge in [0, 0.05) is 35.6 Å². The molecule has 0 aliphatic heterocycles. The maximum atomic E-state index is 4.14. The van der Waals surface area contributed by atoms with E-state index < -0.39 is 0 Å². The van der Waals surface area contributed by atoms with Gasteiger partial charge in [-0.05, 0) is 36.8 Å². The Balaban J connectivity index is 0.000000154. The number of hydrogen-bond donors (Lipinski definition) is 0. The molecule has 2 aromatic heterocycles. The first-order valence-corrected chi connectivity index (χ1v) is 7.34. The van der Waals surface area contributed by atoms with Crippen molar-refractivity contribution >= 4 is 21.5 Å². The van der Waals surface area contributed by atoms with Crippen molar-refractivity contribution in [2.75, 3.05) is 0 Å². The fourth-order valence-corrected chi connectivity index (χ4v) is 2.38. The second-order valence-corrected chi connectivity index (χ2v) is 5.41. The fourth-order valence-electron chi connectivity index (χ4n) is 2.38. The molecule has 0 unspecified atom stereocenters. The molecule has 0 fully saturated rings. The predicted molar refractivity (Wildman–Crippen MR) is 93.0 cm³/mol. The molecule has 2 aromatic carbocycles. The Labute approximate surface area is 130 Å². The molecule has 2 heteroatoms. The summed E-state index contributed by atoms with van der Waals surface area (Å²) in [7, 11) is 0. The lowest BCUT2D eigenvalue weighted by Gasteiger charge is -2.01. The van der Waals surface area contributed by atoms with Gasteiger partial charge < -0.3 is 0 Å². The third-order valence-corrected chi connectivity index (χ3v) is 3.66. The Bertz CT molecular complexity index is 820. The molecule has 0 N–H and O–H groups in total. The lowest BCUT2D eigenvalue weighted by atomic mass is 10.1. The molecule has 2 nitrogen and oxygen atoms in total. The van der Waals surface area contributed by atoms with Gasteiger partial charge in [-0.15, -0.1) is 0 Å². The number of aromatic nitrogens is 2. The quantitative estimate of drug-likeness (QED) is 0.421. The second kappa shape index (κ2) is 6.35. The number of rotatable bonds is 0. The number of pyridine rings is 2. The monoisotopic (exact) mass is 286 g/mol. The van der Waals surface area contributed by atoms with Crippen LogP contribution in [0.4, 0.5) is 0 Å². The van der Waals surface area contributed by atoms with Gasteiger partial charge in [-0.2, -0.15) is 0 Å². The number of aryl methyl sites for hydroxylation is 2. The minimum absolute atomic E-state index is 1.16. The SMILES string of the molecule is Cc1ccc(C)cc1.c1cc2c(ccc3ccncc32)cn1. The van der Waals surface area contributed by atoms with E-state index >= 15 is 0 Å². The maximum absolute atomic E-state index is 4.14. The molecule has 0 amide bonds. The highest BCUT2D eigenvalue weighted by atomic mass is 14.6. The van der Waals surface area contributed by atoms with E-state index in [0.29, 0.717) is 0 Å². The first kappa shape index (κ1) is 14.2. The molecular formula is C20H18N2. The van der Waals surface area contributed by atoms with Gasteiger partial charge >= 0.3 is 0 Å². The van der Waals surface area contributed by atoms with Crippen molar-refractivity contribution in [1.29, 1.82) is 0 Å². The summed E-state index contributed by atoms with van der Waals surface area (Å²) < 4.78 is 0. The average molecular weight is 286 g/mol. The van der Waals surface area contributed by atoms with Gasteiger partial charge in [-0.3, -0.25) is 9.97 Å². The molecule has 0 radical (unpaired) electrons. The van der Waals surface area contributed by atoms with Gasteiger partial charge in [0.2, 0.25) is 0 Å². The molecule has 0 saturated carbocycles. The van der Waals surface area contributed by atoms with Crippen LogP contribution in [0, 0.1) is 13.8 Å². The topological polar surface area (TPSA) is 25.8 Å². The van der Waals surface area contributed by atoms with Crippen LogP contribution in [0.25, 0.3) is 21.5 Å². The van der Waals surface area contributed by atoms with E-state index in [1.165, 1.54) is 27.3 Å². The molecule has 0 aliphatic rings. The molecular weight excluding hydrogens is 268 g/mol. The van der Waals surface area contributed by atoms with Crippen LogP contribution >= 0.6 is 0 Å². The van der Waals surface area contributed by atoms with E-state index in [1.807, 2.05) is 36.9 Å². The maximum Gasteiger partial charge on any atom is 0.0352 e. The highest BCUT2D eigenvalue weighted by Gasteiger charge is 1.98. The summed E-state index contributed by atoms with van der Waals surface area (Å²) in [6, 6.07) is 16.7. The van der Waals surface area contributed by atoms with Crippen molar-refractivity contribution in [3.05, 3.63) is 84.4 Å². The van der Waals surface area contributed by atoms with Gasteiger partial charge in [0.25, 0.3) is 0 Å². The normalized spacial score (nSPS) is 10.3. The summed E-state index contributed by atoms with van der Waals surface area (Å²) in [6.07, 6.45) is 7.41. The predicted octanol–water partition coefficient (Wildman–Crippen LogP) is 5.09.